The van der Waals surface area contributed by atoms with Gasteiger partial charge < -0.3 is 10.1 Å². The molecule has 0 unspecified atom stereocenters. The van der Waals surface area contributed by atoms with Gasteiger partial charge in [-0.25, -0.2) is 4.79 Å². The summed E-state index contributed by atoms with van der Waals surface area (Å²) in [6.45, 7) is 1.56. The van der Waals surface area contributed by atoms with Gasteiger partial charge in [-0.15, -0.1) is 0 Å². The SMILES string of the molecule is Cc1ccc(N[C@@H](CC(=O)c2ccccc2)C(=O)OCC(=O)c2ccc(Br)cc2)cc1. The van der Waals surface area contributed by atoms with Crippen LogP contribution in [0.15, 0.2) is 83.3 Å². The molecule has 0 saturated carbocycles. The van der Waals surface area contributed by atoms with Crippen molar-refractivity contribution in [3.8, 4) is 0 Å². The van der Waals surface area contributed by atoms with Crippen molar-refractivity contribution >= 4 is 39.2 Å². The summed E-state index contributed by atoms with van der Waals surface area (Å²) in [6, 6.07) is 22.1. The van der Waals surface area contributed by atoms with E-state index in [0.717, 1.165) is 10.0 Å². The van der Waals surface area contributed by atoms with Gasteiger partial charge in [0.2, 0.25) is 0 Å². The normalized spacial score (nSPS) is 11.4. The molecule has 158 valence electrons. The van der Waals surface area contributed by atoms with Gasteiger partial charge in [-0.05, 0) is 31.2 Å². The number of ether oxygens (including phenoxy) is 1. The maximum absolute atomic E-state index is 12.8. The lowest BCUT2D eigenvalue weighted by molar-refractivity contribution is -0.143. The largest absolute Gasteiger partial charge is 0.456 e. The standard InChI is InChI=1S/C25H22BrNO4/c1-17-7-13-21(14-8-17)27-22(15-23(28)18-5-3-2-4-6-18)25(30)31-16-24(29)19-9-11-20(26)12-10-19/h2-14,22,27H,15-16H2,1H3/t22-/m0/s1. The van der Waals surface area contributed by atoms with Crippen molar-refractivity contribution in [2.24, 2.45) is 0 Å². The van der Waals surface area contributed by atoms with E-state index in [1.807, 2.05) is 37.3 Å². The van der Waals surface area contributed by atoms with E-state index in [-0.39, 0.29) is 18.0 Å². The van der Waals surface area contributed by atoms with Crippen LogP contribution < -0.4 is 5.32 Å². The minimum absolute atomic E-state index is 0.0941. The van der Waals surface area contributed by atoms with Crippen molar-refractivity contribution < 1.29 is 19.1 Å². The Bertz CT molecular complexity index is 1050. The second-order valence-electron chi connectivity index (χ2n) is 7.09. The summed E-state index contributed by atoms with van der Waals surface area (Å²) >= 11 is 3.32. The average molecular weight is 480 g/mol. The highest BCUT2D eigenvalue weighted by Crippen LogP contribution is 2.15. The van der Waals surface area contributed by atoms with Gasteiger partial charge in [-0.3, -0.25) is 9.59 Å². The number of rotatable bonds is 9. The highest BCUT2D eigenvalue weighted by atomic mass is 79.9. The van der Waals surface area contributed by atoms with Crippen LogP contribution in [0, 0.1) is 6.92 Å². The van der Waals surface area contributed by atoms with Crippen molar-refractivity contribution in [2.45, 2.75) is 19.4 Å². The van der Waals surface area contributed by atoms with Crippen LogP contribution in [0.5, 0.6) is 0 Å². The van der Waals surface area contributed by atoms with Gasteiger partial charge in [0, 0.05) is 27.7 Å². The first-order valence-corrected chi connectivity index (χ1v) is 10.6. The number of benzene rings is 3. The third kappa shape index (κ3) is 6.62. The molecular formula is C25H22BrNO4. The van der Waals surface area contributed by atoms with Crippen molar-refractivity contribution in [1.29, 1.82) is 0 Å². The lowest BCUT2D eigenvalue weighted by atomic mass is 10.0. The number of halogens is 1. The molecule has 3 aromatic carbocycles. The third-order valence-corrected chi connectivity index (χ3v) is 5.20. The molecular weight excluding hydrogens is 458 g/mol. The number of anilines is 1. The third-order valence-electron chi connectivity index (χ3n) is 4.67. The topological polar surface area (TPSA) is 72.5 Å². The highest BCUT2D eigenvalue weighted by Gasteiger charge is 2.25. The number of carbonyl (C=O) groups excluding carboxylic acids is 3. The van der Waals surface area contributed by atoms with Crippen LogP contribution in [-0.2, 0) is 9.53 Å². The Labute approximate surface area is 189 Å². The first-order valence-electron chi connectivity index (χ1n) is 9.79. The lowest BCUT2D eigenvalue weighted by Crippen LogP contribution is -2.34. The summed E-state index contributed by atoms with van der Waals surface area (Å²) in [7, 11) is 0. The zero-order valence-corrected chi connectivity index (χ0v) is 18.6. The Morgan fingerprint density at radius 3 is 2.10 bits per heavy atom. The van der Waals surface area contributed by atoms with Gasteiger partial charge in [0.25, 0.3) is 0 Å². The average Bonchev–Trinajstić information content (AvgIpc) is 2.79. The van der Waals surface area contributed by atoms with Crippen LogP contribution in [0.2, 0.25) is 0 Å². The molecule has 0 bridgehead atoms. The van der Waals surface area contributed by atoms with Gasteiger partial charge in [0.1, 0.15) is 6.04 Å². The fraction of sp³-hybridized carbons (Fsp3) is 0.160. The molecule has 1 N–H and O–H groups in total. The second-order valence-corrected chi connectivity index (χ2v) is 8.01. The minimum Gasteiger partial charge on any atom is -0.456 e. The number of ketones is 2. The zero-order valence-electron chi connectivity index (χ0n) is 17.0. The van der Waals surface area contributed by atoms with Crippen LogP contribution in [-0.4, -0.2) is 30.2 Å². The molecule has 0 radical (unpaired) electrons. The summed E-state index contributed by atoms with van der Waals surface area (Å²) < 4.78 is 6.12. The maximum Gasteiger partial charge on any atom is 0.329 e. The van der Waals surface area contributed by atoms with Crippen molar-refractivity contribution in [2.75, 3.05) is 11.9 Å². The Hall–Kier alpha value is -3.25. The molecule has 0 fully saturated rings. The molecule has 6 heteroatoms. The Kier molecular flexibility index (Phi) is 7.73. The zero-order chi connectivity index (χ0) is 22.2. The maximum atomic E-state index is 12.8. The molecule has 31 heavy (non-hydrogen) atoms. The minimum atomic E-state index is -0.923. The first kappa shape index (κ1) is 22.4. The van der Waals surface area contributed by atoms with Crippen molar-refractivity contribution in [1.82, 2.24) is 0 Å². The Morgan fingerprint density at radius 2 is 1.45 bits per heavy atom. The predicted molar refractivity (Wildman–Crippen MR) is 123 cm³/mol. The highest BCUT2D eigenvalue weighted by molar-refractivity contribution is 9.10. The summed E-state index contributed by atoms with van der Waals surface area (Å²) in [5.74, 6) is -1.17. The molecule has 1 atom stereocenters. The van der Waals surface area contributed by atoms with Gasteiger partial charge in [-0.2, -0.15) is 0 Å². The molecule has 0 spiro atoms. The number of aryl methyl sites for hydroxylation is 1. The monoisotopic (exact) mass is 479 g/mol. The van der Waals surface area contributed by atoms with E-state index in [4.69, 9.17) is 4.74 Å². The number of nitrogens with one attached hydrogen (secondary N) is 1. The van der Waals surface area contributed by atoms with E-state index in [1.165, 1.54) is 0 Å². The van der Waals surface area contributed by atoms with E-state index in [0.29, 0.717) is 16.8 Å². The van der Waals surface area contributed by atoms with E-state index in [9.17, 15) is 14.4 Å². The molecule has 0 aliphatic carbocycles. The number of esters is 1. The van der Waals surface area contributed by atoms with Crippen LogP contribution in [0.4, 0.5) is 5.69 Å². The number of Topliss-reactive ketones (excluding diaryl/α,β-unsaturated/α-hetero) is 2. The summed E-state index contributed by atoms with van der Waals surface area (Å²) in [4.78, 5) is 37.8. The fourth-order valence-electron chi connectivity index (χ4n) is 2.93. The molecule has 0 heterocycles. The van der Waals surface area contributed by atoms with Crippen LogP contribution in [0.3, 0.4) is 0 Å². The van der Waals surface area contributed by atoms with Crippen molar-refractivity contribution in [3.05, 3.63) is 100 Å². The lowest BCUT2D eigenvalue weighted by Gasteiger charge is -2.18. The molecule has 3 rings (SSSR count). The van der Waals surface area contributed by atoms with Crippen LogP contribution >= 0.6 is 15.9 Å². The van der Waals surface area contributed by atoms with Crippen molar-refractivity contribution in [3.63, 3.8) is 0 Å². The number of carbonyl (C=O) groups is 3. The van der Waals surface area contributed by atoms with Crippen LogP contribution in [0.25, 0.3) is 0 Å². The molecule has 0 saturated heterocycles. The quantitative estimate of drug-likeness (QED) is 0.335. The van der Waals surface area contributed by atoms with Gasteiger partial charge in [0.15, 0.2) is 18.2 Å². The second kappa shape index (κ2) is 10.7. The molecule has 3 aromatic rings. The van der Waals surface area contributed by atoms with Gasteiger partial charge in [0.05, 0.1) is 0 Å². The summed E-state index contributed by atoms with van der Waals surface area (Å²) in [6.07, 6.45) is -0.0941. The number of hydrogen-bond acceptors (Lipinski definition) is 5. The molecule has 0 amide bonds. The van der Waals surface area contributed by atoms with E-state index < -0.39 is 18.6 Å². The number of hydrogen-bond donors (Lipinski definition) is 1. The molecule has 5 nitrogen and oxygen atoms in total. The molecule has 0 aliphatic heterocycles. The molecule has 0 aliphatic rings. The van der Waals surface area contributed by atoms with E-state index in [1.54, 1.807) is 48.5 Å². The Morgan fingerprint density at radius 1 is 0.839 bits per heavy atom. The smallest absolute Gasteiger partial charge is 0.329 e. The predicted octanol–water partition coefficient (Wildman–Crippen LogP) is 5.24. The van der Waals surface area contributed by atoms with Crippen LogP contribution in [0.1, 0.15) is 32.7 Å². The van der Waals surface area contributed by atoms with Gasteiger partial charge in [-0.1, -0.05) is 76.1 Å². The summed E-state index contributed by atoms with van der Waals surface area (Å²) in [5.41, 5.74) is 2.72. The van der Waals surface area contributed by atoms with E-state index >= 15 is 0 Å². The first-order chi connectivity index (χ1) is 14.9. The van der Waals surface area contributed by atoms with E-state index in [2.05, 4.69) is 21.2 Å². The fourth-order valence-corrected chi connectivity index (χ4v) is 3.19. The Balaban J connectivity index is 1.70. The molecule has 0 aromatic heterocycles. The summed E-state index contributed by atoms with van der Waals surface area (Å²) in [5, 5.41) is 3.06. The van der Waals surface area contributed by atoms with Gasteiger partial charge >= 0.3 is 5.97 Å².